The van der Waals surface area contributed by atoms with E-state index in [0.29, 0.717) is 23.1 Å². The number of aryl methyl sites for hydroxylation is 2. The van der Waals surface area contributed by atoms with Crippen molar-refractivity contribution in [2.45, 2.75) is 20.3 Å². The van der Waals surface area contributed by atoms with Crippen molar-refractivity contribution in [2.24, 2.45) is 35.5 Å². The van der Waals surface area contributed by atoms with E-state index in [1.807, 2.05) is 19.9 Å². The molecule has 2 amide bonds. The number of imide groups is 1. The number of carbonyl (C=O) groups excluding carboxylic acids is 4. The highest BCUT2D eigenvalue weighted by Gasteiger charge is 2.67. The lowest BCUT2D eigenvalue weighted by Gasteiger charge is -2.37. The predicted molar refractivity (Wildman–Crippen MR) is 124 cm³/mol. The van der Waals surface area contributed by atoms with Crippen molar-refractivity contribution in [3.8, 4) is 0 Å². The molecule has 6 nitrogen and oxygen atoms in total. The number of amides is 2. The van der Waals surface area contributed by atoms with Gasteiger partial charge in [0.05, 0.1) is 23.1 Å². The van der Waals surface area contributed by atoms with E-state index in [-0.39, 0.29) is 53.4 Å². The second kappa shape index (κ2) is 7.49. The number of benzene rings is 2. The van der Waals surface area contributed by atoms with Crippen molar-refractivity contribution < 1.29 is 23.9 Å². The Bertz CT molecular complexity index is 1240. The molecule has 1 saturated heterocycles. The fourth-order valence-electron chi connectivity index (χ4n) is 6.17. The van der Waals surface area contributed by atoms with Crippen molar-refractivity contribution in [2.75, 3.05) is 11.5 Å². The summed E-state index contributed by atoms with van der Waals surface area (Å²) in [4.78, 5) is 52.6. The molecule has 0 N–H and O–H groups in total. The van der Waals surface area contributed by atoms with Gasteiger partial charge < -0.3 is 4.74 Å². The normalized spacial score (nSPS) is 30.2. The van der Waals surface area contributed by atoms with Gasteiger partial charge in [-0.25, -0.2) is 4.79 Å². The third kappa shape index (κ3) is 3.08. The summed E-state index contributed by atoms with van der Waals surface area (Å²) in [6.07, 6.45) is 5.42. The standard InChI is InChI=1S/C28H25NO5/c1-14-3-4-17(11-15(14)2)23(30)13-34-28(33)16-5-7-18(8-6-16)29-26(31)24-19-9-10-20(22-12-21(19)22)25(24)27(29)32/h3-11,19-22,24-25H,12-13H2,1-2H3/t19-,20-,21-,22-,24-,25+/m0/s1. The molecule has 2 aromatic carbocycles. The largest absolute Gasteiger partial charge is 0.454 e. The maximum absolute atomic E-state index is 13.2. The van der Waals surface area contributed by atoms with Crippen LogP contribution in [0.2, 0.25) is 0 Å². The Morgan fingerprint density at radius 2 is 1.44 bits per heavy atom. The molecule has 4 aliphatic carbocycles. The molecule has 0 unspecified atom stereocenters. The van der Waals surface area contributed by atoms with E-state index < -0.39 is 5.97 Å². The molecular weight excluding hydrogens is 430 g/mol. The average molecular weight is 456 g/mol. The zero-order chi connectivity index (χ0) is 23.7. The minimum atomic E-state index is -0.626. The van der Waals surface area contributed by atoms with Crippen LogP contribution in [0.1, 0.15) is 38.3 Å². The Morgan fingerprint density at radius 1 is 0.853 bits per heavy atom. The maximum Gasteiger partial charge on any atom is 0.338 e. The molecule has 6 atom stereocenters. The number of anilines is 1. The molecule has 1 heterocycles. The lowest BCUT2D eigenvalue weighted by molar-refractivity contribution is -0.124. The minimum absolute atomic E-state index is 0.131. The lowest BCUT2D eigenvalue weighted by Crippen LogP contribution is -2.40. The quantitative estimate of drug-likeness (QED) is 0.296. The molecular formula is C28H25NO5. The van der Waals surface area contributed by atoms with Gasteiger partial charge in [0.25, 0.3) is 0 Å². The summed E-state index contributed by atoms with van der Waals surface area (Å²) in [5, 5.41) is 0. The molecule has 1 aliphatic heterocycles. The second-order valence-corrected chi connectivity index (χ2v) is 10.0. The Kier molecular flexibility index (Phi) is 4.63. The number of nitrogens with zero attached hydrogens (tertiary/aromatic N) is 1. The van der Waals surface area contributed by atoms with Gasteiger partial charge in [0.15, 0.2) is 12.4 Å². The van der Waals surface area contributed by atoms with Crippen LogP contribution in [0.4, 0.5) is 5.69 Å². The van der Waals surface area contributed by atoms with Crippen LogP contribution in [0.5, 0.6) is 0 Å². The van der Waals surface area contributed by atoms with E-state index >= 15 is 0 Å². The third-order valence-corrected chi connectivity index (χ3v) is 8.19. The van der Waals surface area contributed by atoms with Crippen LogP contribution < -0.4 is 4.90 Å². The smallest absolute Gasteiger partial charge is 0.338 e. The zero-order valence-corrected chi connectivity index (χ0v) is 19.1. The van der Waals surface area contributed by atoms with Gasteiger partial charge in [-0.05, 0) is 85.4 Å². The highest BCUT2D eigenvalue weighted by Crippen LogP contribution is 2.65. The van der Waals surface area contributed by atoms with Gasteiger partial charge in [-0.1, -0.05) is 24.3 Å². The summed E-state index contributed by atoms with van der Waals surface area (Å²) in [7, 11) is 0. The van der Waals surface area contributed by atoms with E-state index in [1.165, 1.54) is 17.0 Å². The van der Waals surface area contributed by atoms with Crippen LogP contribution >= 0.6 is 0 Å². The first-order valence-corrected chi connectivity index (χ1v) is 11.8. The van der Waals surface area contributed by atoms with E-state index in [0.717, 1.165) is 17.5 Å². The molecule has 2 saturated carbocycles. The van der Waals surface area contributed by atoms with Crippen LogP contribution in [-0.4, -0.2) is 30.2 Å². The average Bonchev–Trinajstić information content (AvgIpc) is 3.62. The molecule has 34 heavy (non-hydrogen) atoms. The number of rotatable bonds is 5. The first kappa shape index (κ1) is 21.0. The van der Waals surface area contributed by atoms with Crippen molar-refractivity contribution >= 4 is 29.3 Å². The van der Waals surface area contributed by atoms with Crippen molar-refractivity contribution in [1.82, 2.24) is 0 Å². The van der Waals surface area contributed by atoms with Gasteiger partial charge in [0, 0.05) is 5.56 Å². The second-order valence-electron chi connectivity index (χ2n) is 10.0. The first-order chi connectivity index (χ1) is 16.3. The van der Waals surface area contributed by atoms with Crippen LogP contribution in [0.3, 0.4) is 0 Å². The number of carbonyl (C=O) groups is 4. The zero-order valence-electron chi connectivity index (χ0n) is 19.1. The summed E-state index contributed by atoms with van der Waals surface area (Å²) in [5.41, 5.74) is 3.32. The number of hydrogen-bond donors (Lipinski definition) is 0. The fraction of sp³-hybridized carbons (Fsp3) is 0.357. The summed E-state index contributed by atoms with van der Waals surface area (Å²) in [6.45, 7) is 3.54. The highest BCUT2D eigenvalue weighted by molar-refractivity contribution is 6.22. The summed E-state index contributed by atoms with van der Waals surface area (Å²) in [5.74, 6) is -0.226. The summed E-state index contributed by atoms with van der Waals surface area (Å²) in [6, 6.07) is 11.6. The van der Waals surface area contributed by atoms with Crippen molar-refractivity contribution in [3.05, 3.63) is 76.9 Å². The van der Waals surface area contributed by atoms with Gasteiger partial charge in [0.1, 0.15) is 0 Å². The molecule has 3 fully saturated rings. The Labute approximate surface area is 197 Å². The van der Waals surface area contributed by atoms with Crippen LogP contribution in [0.15, 0.2) is 54.6 Å². The number of ether oxygens (including phenoxy) is 1. The van der Waals surface area contributed by atoms with Crippen LogP contribution in [-0.2, 0) is 14.3 Å². The van der Waals surface area contributed by atoms with Crippen molar-refractivity contribution in [3.63, 3.8) is 0 Å². The number of ketones is 1. The molecule has 172 valence electrons. The summed E-state index contributed by atoms with van der Waals surface area (Å²) < 4.78 is 5.21. The molecule has 0 radical (unpaired) electrons. The topological polar surface area (TPSA) is 80.8 Å². The maximum atomic E-state index is 13.2. The third-order valence-electron chi connectivity index (χ3n) is 8.19. The first-order valence-electron chi connectivity index (χ1n) is 11.8. The molecule has 5 aliphatic rings. The monoisotopic (exact) mass is 455 g/mol. The predicted octanol–water partition coefficient (Wildman–Crippen LogP) is 3.90. The molecule has 7 rings (SSSR count). The number of allylic oxidation sites excluding steroid dienone is 2. The van der Waals surface area contributed by atoms with E-state index in [2.05, 4.69) is 12.2 Å². The number of hydrogen-bond acceptors (Lipinski definition) is 5. The molecule has 6 heteroatoms. The fourth-order valence-corrected chi connectivity index (χ4v) is 6.17. The SMILES string of the molecule is Cc1ccc(C(=O)COC(=O)c2ccc(N3C(=O)[C@@H]4[C@H]5C=C[C@@H]([C@@H]6C[C@@H]56)[C@@H]4C3=O)cc2)cc1C. The molecule has 2 bridgehead atoms. The van der Waals surface area contributed by atoms with Crippen LogP contribution in [0, 0.1) is 49.4 Å². The lowest BCUT2D eigenvalue weighted by atomic mass is 9.63. The van der Waals surface area contributed by atoms with E-state index in [1.54, 1.807) is 24.3 Å². The van der Waals surface area contributed by atoms with Gasteiger partial charge in [-0.2, -0.15) is 0 Å². The van der Waals surface area contributed by atoms with Gasteiger partial charge in [0.2, 0.25) is 11.8 Å². The molecule has 0 spiro atoms. The van der Waals surface area contributed by atoms with Gasteiger partial charge in [-0.3, -0.25) is 19.3 Å². The van der Waals surface area contributed by atoms with E-state index in [4.69, 9.17) is 4.74 Å². The Hall–Kier alpha value is -3.54. The van der Waals surface area contributed by atoms with Gasteiger partial charge in [-0.15, -0.1) is 0 Å². The number of Topliss-reactive ketones (excluding diaryl/α,β-unsaturated/α-hetero) is 1. The summed E-state index contributed by atoms with van der Waals surface area (Å²) >= 11 is 0. The van der Waals surface area contributed by atoms with Gasteiger partial charge >= 0.3 is 5.97 Å². The minimum Gasteiger partial charge on any atom is -0.454 e. The van der Waals surface area contributed by atoms with Crippen molar-refractivity contribution in [1.29, 1.82) is 0 Å². The Morgan fingerprint density at radius 3 is 2.03 bits per heavy atom. The highest BCUT2D eigenvalue weighted by atomic mass is 16.5. The van der Waals surface area contributed by atoms with Crippen LogP contribution in [0.25, 0.3) is 0 Å². The van der Waals surface area contributed by atoms with E-state index in [9.17, 15) is 19.2 Å². The molecule has 0 aromatic heterocycles. The Balaban J connectivity index is 1.13. The molecule has 2 aromatic rings. The number of esters is 1.